The van der Waals surface area contributed by atoms with Crippen LogP contribution < -0.4 is 5.46 Å². The van der Waals surface area contributed by atoms with Gasteiger partial charge in [-0.2, -0.15) is 0 Å². The van der Waals surface area contributed by atoms with Crippen molar-refractivity contribution in [1.29, 1.82) is 0 Å². The van der Waals surface area contributed by atoms with Crippen molar-refractivity contribution in [1.82, 2.24) is 4.57 Å². The fourth-order valence-electron chi connectivity index (χ4n) is 3.33. The van der Waals surface area contributed by atoms with E-state index in [2.05, 4.69) is 74.2 Å². The molecule has 2 nitrogen and oxygen atoms in total. The number of rotatable bonds is 6. The van der Waals surface area contributed by atoms with Crippen LogP contribution in [-0.4, -0.2) is 26.6 Å². The molecule has 0 bridgehead atoms. The predicted octanol–water partition coefficient (Wildman–Crippen LogP) is 5.31. The van der Waals surface area contributed by atoms with Gasteiger partial charge in [-0.15, -0.1) is 6.42 Å². The first-order chi connectivity index (χ1) is 13.7. The molecule has 0 spiro atoms. The molecule has 4 heteroatoms. The van der Waals surface area contributed by atoms with Crippen LogP contribution in [-0.2, 0) is 0 Å². The normalized spacial score (nSPS) is 15.0. The van der Waals surface area contributed by atoms with Gasteiger partial charge in [-0.25, -0.2) is 11.6 Å². The van der Waals surface area contributed by atoms with Crippen LogP contribution in [0.3, 0.4) is 0 Å². The van der Waals surface area contributed by atoms with Crippen molar-refractivity contribution in [3.8, 4) is 12.3 Å². The summed E-state index contributed by atoms with van der Waals surface area (Å²) in [4.78, 5) is 0. The van der Waals surface area contributed by atoms with Gasteiger partial charge in [0.05, 0.1) is 11.1 Å². The highest BCUT2D eigenvalue weighted by molar-refractivity contribution is 8.24. The molecule has 1 heterocycles. The molecule has 0 aliphatic heterocycles. The number of aliphatic hydroxyl groups is 1. The van der Waals surface area contributed by atoms with Gasteiger partial charge in [0.1, 0.15) is 0 Å². The second-order valence-electron chi connectivity index (χ2n) is 8.52. The number of benzene rings is 1. The molecule has 1 aromatic carbocycles. The van der Waals surface area contributed by atoms with Crippen molar-refractivity contribution in [2.24, 2.45) is 0 Å². The third-order valence-electron chi connectivity index (χ3n) is 5.82. The Morgan fingerprint density at radius 1 is 1.24 bits per heavy atom. The number of terminal acetylenes is 1. The van der Waals surface area contributed by atoms with E-state index < -0.39 is 5.60 Å². The molecule has 3 rings (SSSR count). The second-order valence-corrected chi connectivity index (χ2v) is 10.0. The maximum atomic E-state index is 10.4. The Kier molecular flexibility index (Phi) is 6.22. The Morgan fingerprint density at radius 2 is 2.00 bits per heavy atom. The molecule has 1 aromatic heterocycles. The van der Waals surface area contributed by atoms with Crippen molar-refractivity contribution in [2.45, 2.75) is 57.8 Å². The van der Waals surface area contributed by atoms with E-state index in [1.165, 1.54) is 22.3 Å². The van der Waals surface area contributed by atoms with Crippen LogP contribution in [0.5, 0.6) is 0 Å². The lowest BCUT2D eigenvalue weighted by Gasteiger charge is -2.37. The topological polar surface area (TPSA) is 25.2 Å². The second kappa shape index (κ2) is 8.34. The van der Waals surface area contributed by atoms with E-state index in [1.54, 1.807) is 17.7 Å². The van der Waals surface area contributed by atoms with Crippen molar-refractivity contribution in [3.63, 3.8) is 0 Å². The molecule has 0 unspecified atom stereocenters. The van der Waals surface area contributed by atoms with Crippen LogP contribution in [0.25, 0.3) is 22.7 Å². The number of nitrogens with zero attached hydrogens (tertiary/aromatic N) is 1. The molecule has 1 radical (unpaired) electrons. The molecule has 0 amide bonds. The maximum Gasteiger partial charge on any atom is 0.230 e. The minimum absolute atomic E-state index is 0.296. The maximum absolute atomic E-state index is 10.4. The number of fused-ring (bicyclic) bond motifs is 1. The highest BCUT2D eigenvalue weighted by Crippen LogP contribution is 2.35. The summed E-state index contributed by atoms with van der Waals surface area (Å²) in [5.41, 5.74) is 5.08. The summed E-state index contributed by atoms with van der Waals surface area (Å²) in [5.74, 6) is 2.61. The average molecular weight is 402 g/mol. The van der Waals surface area contributed by atoms with E-state index in [-0.39, 0.29) is 4.75 Å². The molecule has 0 fully saturated rings. The van der Waals surface area contributed by atoms with Gasteiger partial charge in [-0.05, 0) is 71.8 Å². The van der Waals surface area contributed by atoms with Crippen molar-refractivity contribution < 1.29 is 5.11 Å². The molecule has 2 aromatic rings. The van der Waals surface area contributed by atoms with Gasteiger partial charge < -0.3 is 9.67 Å². The standard InChI is InChI=1S/C25H29BNOS/c1-7-8-14-21-18(2)27(20-12-10-9-11-13-20)23-17-19(15-16-22(21)23)26-29-25(5,6)24(3,4)28/h1,8,10,12-17,28H,9,11H2,2-6H3/b14-8-. The van der Waals surface area contributed by atoms with Crippen LogP contribution >= 0.6 is 11.6 Å². The third kappa shape index (κ3) is 4.42. The Morgan fingerprint density at radius 3 is 2.62 bits per heavy atom. The summed E-state index contributed by atoms with van der Waals surface area (Å²) in [5, 5.41) is 11.6. The highest BCUT2D eigenvalue weighted by Gasteiger charge is 2.35. The van der Waals surface area contributed by atoms with Crippen LogP contribution in [0.4, 0.5) is 0 Å². The average Bonchev–Trinajstić information content (AvgIpc) is 2.95. The number of hydrogen-bond donors (Lipinski definition) is 1. The fourth-order valence-corrected chi connectivity index (χ4v) is 4.20. The highest BCUT2D eigenvalue weighted by atomic mass is 32.2. The van der Waals surface area contributed by atoms with Gasteiger partial charge >= 0.3 is 0 Å². The fraction of sp³-hybridized carbons (Fsp3) is 0.360. The Bertz CT molecular complexity index is 1040. The molecular weight excluding hydrogens is 373 g/mol. The smallest absolute Gasteiger partial charge is 0.230 e. The van der Waals surface area contributed by atoms with Crippen molar-refractivity contribution in [2.75, 3.05) is 0 Å². The summed E-state index contributed by atoms with van der Waals surface area (Å²) in [6, 6.07) is 6.54. The molecule has 1 N–H and O–H groups in total. The van der Waals surface area contributed by atoms with E-state index in [0.717, 1.165) is 23.9 Å². The predicted molar refractivity (Wildman–Crippen MR) is 131 cm³/mol. The zero-order chi connectivity index (χ0) is 21.2. The van der Waals surface area contributed by atoms with Crippen LogP contribution in [0, 0.1) is 19.3 Å². The van der Waals surface area contributed by atoms with E-state index in [1.807, 2.05) is 19.9 Å². The monoisotopic (exact) mass is 402 g/mol. The summed E-state index contributed by atoms with van der Waals surface area (Å²) >= 11 is 1.66. The molecule has 1 aliphatic carbocycles. The summed E-state index contributed by atoms with van der Waals surface area (Å²) < 4.78 is 2.03. The third-order valence-corrected chi connectivity index (χ3v) is 7.30. The first kappa shape index (κ1) is 21.6. The van der Waals surface area contributed by atoms with Gasteiger partial charge in [0, 0.05) is 27.1 Å². The SMILES string of the molecule is C#C/C=C\c1c(C)n(C2=CCCC=C2)c2cc([B]SC(C)(C)C(C)(C)O)ccc12. The van der Waals surface area contributed by atoms with E-state index in [4.69, 9.17) is 6.42 Å². The lowest BCUT2D eigenvalue weighted by atomic mass is 9.92. The quantitative estimate of drug-likeness (QED) is 0.523. The summed E-state index contributed by atoms with van der Waals surface area (Å²) in [6.07, 6.45) is 18.1. The summed E-state index contributed by atoms with van der Waals surface area (Å²) in [6.45, 7) is 12.1. The lowest BCUT2D eigenvalue weighted by Crippen LogP contribution is -2.43. The molecular formula is C25H29BNOS. The molecule has 0 saturated carbocycles. The largest absolute Gasteiger partial charge is 0.389 e. The van der Waals surface area contributed by atoms with Crippen molar-refractivity contribution >= 4 is 46.3 Å². The van der Waals surface area contributed by atoms with Gasteiger partial charge in [0.15, 0.2) is 0 Å². The lowest BCUT2D eigenvalue weighted by molar-refractivity contribution is 0.0497. The number of allylic oxidation sites excluding steroid dienone is 5. The molecule has 0 atom stereocenters. The van der Waals surface area contributed by atoms with Crippen molar-refractivity contribution in [3.05, 3.63) is 53.8 Å². The van der Waals surface area contributed by atoms with Gasteiger partial charge in [-0.3, -0.25) is 0 Å². The first-order valence-electron chi connectivity index (χ1n) is 10.0. The van der Waals surface area contributed by atoms with Gasteiger partial charge in [0.2, 0.25) is 6.56 Å². The Balaban J connectivity index is 2.07. The van der Waals surface area contributed by atoms with E-state index in [0.29, 0.717) is 0 Å². The van der Waals surface area contributed by atoms with Gasteiger partial charge in [-0.1, -0.05) is 35.7 Å². The molecule has 0 saturated heterocycles. The van der Waals surface area contributed by atoms with E-state index >= 15 is 0 Å². The van der Waals surface area contributed by atoms with E-state index in [9.17, 15) is 5.11 Å². The minimum Gasteiger partial charge on any atom is -0.389 e. The zero-order valence-corrected chi connectivity index (χ0v) is 18.8. The molecule has 1 aliphatic rings. The zero-order valence-electron chi connectivity index (χ0n) is 18.0. The molecule has 29 heavy (non-hydrogen) atoms. The van der Waals surface area contributed by atoms with Crippen LogP contribution in [0.1, 0.15) is 51.8 Å². The van der Waals surface area contributed by atoms with Crippen LogP contribution in [0.2, 0.25) is 0 Å². The first-order valence-corrected chi connectivity index (χ1v) is 10.9. The number of hydrogen-bond acceptors (Lipinski definition) is 2. The minimum atomic E-state index is -0.778. The summed E-state index contributed by atoms with van der Waals surface area (Å²) in [7, 11) is 0. The van der Waals surface area contributed by atoms with Crippen LogP contribution in [0.15, 0.2) is 42.5 Å². The Hall–Kier alpha value is -2.09. The molecule has 149 valence electrons. The number of aromatic nitrogens is 1. The Labute approximate surface area is 179 Å². The van der Waals surface area contributed by atoms with Gasteiger partial charge in [0.25, 0.3) is 0 Å².